The number of halogens is 3. The second-order valence-electron chi connectivity index (χ2n) is 5.20. The van der Waals surface area contributed by atoms with Gasteiger partial charge in [-0.2, -0.15) is 4.31 Å². The average Bonchev–Trinajstić information content (AvgIpc) is 2.58. The van der Waals surface area contributed by atoms with Crippen molar-refractivity contribution in [3.63, 3.8) is 0 Å². The number of hydrogen-bond donors (Lipinski definition) is 1. The number of sulfonamides is 1. The summed E-state index contributed by atoms with van der Waals surface area (Å²) in [6.45, 7) is 1.45. The average molecular weight is 409 g/mol. The molecule has 1 unspecified atom stereocenters. The SMILES string of the molecule is Cl.O=S(=O)(c1cc(Cl)ccc1Cl)N1CCNCC1c1cccnc1. The monoisotopic (exact) mass is 407 g/mol. The molecule has 2 aromatic rings. The molecule has 0 radical (unpaired) electrons. The van der Waals surface area contributed by atoms with Crippen molar-refractivity contribution in [2.75, 3.05) is 19.6 Å². The van der Waals surface area contributed by atoms with Gasteiger partial charge in [-0.25, -0.2) is 8.42 Å². The van der Waals surface area contributed by atoms with E-state index < -0.39 is 10.0 Å². The molecule has 1 aromatic heterocycles. The second-order valence-corrected chi connectivity index (χ2v) is 7.90. The molecule has 1 aliphatic rings. The molecule has 1 aromatic carbocycles. The lowest BCUT2D eigenvalue weighted by Gasteiger charge is -2.35. The Kier molecular flexibility index (Phi) is 6.47. The fourth-order valence-corrected chi connectivity index (χ4v) is 4.98. The van der Waals surface area contributed by atoms with Crippen molar-refractivity contribution in [2.24, 2.45) is 0 Å². The highest BCUT2D eigenvalue weighted by molar-refractivity contribution is 7.89. The molecular weight excluding hydrogens is 393 g/mol. The van der Waals surface area contributed by atoms with E-state index in [-0.39, 0.29) is 28.4 Å². The Labute approximate surface area is 157 Å². The van der Waals surface area contributed by atoms with E-state index in [2.05, 4.69) is 10.3 Å². The molecule has 9 heteroatoms. The highest BCUT2D eigenvalue weighted by Crippen LogP contribution is 2.33. The highest BCUT2D eigenvalue weighted by atomic mass is 35.5. The Hall–Kier alpha value is -0.890. The number of rotatable bonds is 3. The molecule has 24 heavy (non-hydrogen) atoms. The molecule has 0 bridgehead atoms. The first-order valence-corrected chi connectivity index (χ1v) is 9.27. The van der Waals surface area contributed by atoms with Crippen LogP contribution in [0, 0.1) is 0 Å². The fourth-order valence-electron chi connectivity index (χ4n) is 2.63. The summed E-state index contributed by atoms with van der Waals surface area (Å²) in [7, 11) is -3.76. The van der Waals surface area contributed by atoms with Crippen LogP contribution in [-0.2, 0) is 10.0 Å². The zero-order chi connectivity index (χ0) is 16.4. The molecular formula is C15H16Cl3N3O2S. The van der Waals surface area contributed by atoms with Gasteiger partial charge in [0.2, 0.25) is 10.0 Å². The van der Waals surface area contributed by atoms with Crippen molar-refractivity contribution in [1.29, 1.82) is 0 Å². The molecule has 1 N–H and O–H groups in total. The second kappa shape index (κ2) is 7.99. The lowest BCUT2D eigenvalue weighted by atomic mass is 10.1. The van der Waals surface area contributed by atoms with Gasteiger partial charge in [0.15, 0.2) is 0 Å². The lowest BCUT2D eigenvalue weighted by molar-refractivity contribution is 0.271. The fraction of sp³-hybridized carbons (Fsp3) is 0.267. The topological polar surface area (TPSA) is 62.3 Å². The number of aromatic nitrogens is 1. The van der Waals surface area contributed by atoms with Crippen LogP contribution in [-0.4, -0.2) is 37.3 Å². The zero-order valence-corrected chi connectivity index (χ0v) is 15.7. The minimum absolute atomic E-state index is 0. The summed E-state index contributed by atoms with van der Waals surface area (Å²) in [5.74, 6) is 0. The van der Waals surface area contributed by atoms with E-state index in [4.69, 9.17) is 23.2 Å². The van der Waals surface area contributed by atoms with Gasteiger partial charge in [-0.3, -0.25) is 4.98 Å². The van der Waals surface area contributed by atoms with Crippen molar-refractivity contribution < 1.29 is 8.42 Å². The molecule has 1 atom stereocenters. The van der Waals surface area contributed by atoms with Crippen molar-refractivity contribution in [2.45, 2.75) is 10.9 Å². The first-order chi connectivity index (χ1) is 11.0. The first kappa shape index (κ1) is 19.4. The molecule has 1 aliphatic heterocycles. The molecule has 0 spiro atoms. The molecule has 3 rings (SSSR count). The van der Waals surface area contributed by atoms with Gasteiger partial charge >= 0.3 is 0 Å². The third-order valence-corrected chi connectivity index (χ3v) is 6.37. The van der Waals surface area contributed by atoms with Crippen LogP contribution in [0.1, 0.15) is 11.6 Å². The van der Waals surface area contributed by atoms with Crippen molar-refractivity contribution in [1.82, 2.24) is 14.6 Å². The molecule has 0 saturated carbocycles. The van der Waals surface area contributed by atoms with Gasteiger partial charge in [-0.1, -0.05) is 29.3 Å². The molecule has 5 nitrogen and oxygen atoms in total. The predicted molar refractivity (Wildman–Crippen MR) is 97.4 cm³/mol. The molecule has 130 valence electrons. The number of pyridine rings is 1. The van der Waals surface area contributed by atoms with Gasteiger partial charge in [0.05, 0.1) is 11.1 Å². The maximum atomic E-state index is 13.1. The van der Waals surface area contributed by atoms with E-state index in [1.807, 2.05) is 6.07 Å². The summed E-state index contributed by atoms with van der Waals surface area (Å²) >= 11 is 12.1. The Morgan fingerprint density at radius 1 is 1.25 bits per heavy atom. The molecule has 0 aliphatic carbocycles. The third-order valence-electron chi connectivity index (χ3n) is 3.74. The minimum Gasteiger partial charge on any atom is -0.313 e. The summed E-state index contributed by atoms with van der Waals surface area (Å²) in [6.07, 6.45) is 3.34. The van der Waals surface area contributed by atoms with E-state index in [0.717, 1.165) is 5.56 Å². The van der Waals surface area contributed by atoms with Gasteiger partial charge in [0.1, 0.15) is 4.90 Å². The van der Waals surface area contributed by atoms with Crippen LogP contribution in [0.3, 0.4) is 0 Å². The minimum atomic E-state index is -3.76. The van der Waals surface area contributed by atoms with Crippen LogP contribution in [0.15, 0.2) is 47.6 Å². The van der Waals surface area contributed by atoms with Crippen LogP contribution in [0.5, 0.6) is 0 Å². The van der Waals surface area contributed by atoms with Gasteiger partial charge in [-0.05, 0) is 29.8 Å². The van der Waals surface area contributed by atoms with Gasteiger partial charge < -0.3 is 5.32 Å². The van der Waals surface area contributed by atoms with Crippen LogP contribution in [0.2, 0.25) is 10.0 Å². The number of piperazine rings is 1. The molecule has 2 heterocycles. The van der Waals surface area contributed by atoms with Gasteiger partial charge in [-0.15, -0.1) is 12.4 Å². The van der Waals surface area contributed by atoms with Crippen molar-refractivity contribution in [3.05, 3.63) is 58.3 Å². The summed E-state index contributed by atoms with van der Waals surface area (Å²) in [6, 6.07) is 7.78. The van der Waals surface area contributed by atoms with Crippen LogP contribution in [0.4, 0.5) is 0 Å². The van der Waals surface area contributed by atoms with E-state index in [1.165, 1.54) is 16.4 Å². The normalized spacial score (nSPS) is 18.8. The standard InChI is InChI=1S/C15H15Cl2N3O2S.ClH/c16-12-3-4-13(17)15(8-12)23(21,22)20-7-6-19-10-14(20)11-2-1-5-18-9-11;/h1-5,8-9,14,19H,6-7,10H2;1H. The van der Waals surface area contributed by atoms with Crippen molar-refractivity contribution >= 4 is 45.6 Å². The van der Waals surface area contributed by atoms with E-state index in [9.17, 15) is 8.42 Å². The summed E-state index contributed by atoms with van der Waals surface area (Å²) in [4.78, 5) is 4.11. The number of nitrogens with zero attached hydrogens (tertiary/aromatic N) is 2. The van der Waals surface area contributed by atoms with Crippen LogP contribution >= 0.6 is 35.6 Å². The first-order valence-electron chi connectivity index (χ1n) is 7.07. The smallest absolute Gasteiger partial charge is 0.245 e. The van der Waals surface area contributed by atoms with E-state index in [0.29, 0.717) is 24.7 Å². The van der Waals surface area contributed by atoms with E-state index in [1.54, 1.807) is 24.5 Å². The van der Waals surface area contributed by atoms with Crippen molar-refractivity contribution in [3.8, 4) is 0 Å². The number of benzene rings is 1. The predicted octanol–water partition coefficient (Wildman–Crippen LogP) is 3.15. The zero-order valence-electron chi connectivity index (χ0n) is 12.5. The Bertz CT molecular complexity index is 803. The quantitative estimate of drug-likeness (QED) is 0.847. The maximum absolute atomic E-state index is 13.1. The summed E-state index contributed by atoms with van der Waals surface area (Å²) in [5.41, 5.74) is 0.835. The largest absolute Gasteiger partial charge is 0.313 e. The number of nitrogens with one attached hydrogen (secondary N) is 1. The van der Waals surface area contributed by atoms with E-state index >= 15 is 0 Å². The third kappa shape index (κ3) is 3.85. The Balaban J connectivity index is 0.00000208. The molecule has 1 fully saturated rings. The van der Waals surface area contributed by atoms with Gasteiger partial charge in [0, 0.05) is 37.1 Å². The van der Waals surface area contributed by atoms with Gasteiger partial charge in [0.25, 0.3) is 0 Å². The highest BCUT2D eigenvalue weighted by Gasteiger charge is 2.35. The maximum Gasteiger partial charge on any atom is 0.245 e. The summed E-state index contributed by atoms with van der Waals surface area (Å²) < 4.78 is 27.6. The Morgan fingerprint density at radius 3 is 2.75 bits per heavy atom. The molecule has 0 amide bonds. The van der Waals surface area contributed by atoms with Crippen LogP contribution < -0.4 is 5.32 Å². The number of hydrogen-bond acceptors (Lipinski definition) is 4. The summed E-state index contributed by atoms with van der Waals surface area (Å²) in [5, 5.41) is 3.72. The Morgan fingerprint density at radius 2 is 2.04 bits per heavy atom. The van der Waals surface area contributed by atoms with Crippen LogP contribution in [0.25, 0.3) is 0 Å². The molecule has 1 saturated heterocycles. The lowest BCUT2D eigenvalue weighted by Crippen LogP contribution is -2.48.